The molecule has 0 saturated carbocycles. The number of nitrogens with two attached hydrogens (primary N) is 1. The van der Waals surface area contributed by atoms with Gasteiger partial charge in [-0.05, 0) is 12.1 Å². The highest BCUT2D eigenvalue weighted by Gasteiger charge is 2.16. The maximum absolute atomic E-state index is 11.0. The number of rotatable bonds is 4. The number of benzene rings is 1. The first-order valence-corrected chi connectivity index (χ1v) is 5.22. The molecule has 2 rings (SSSR count). The van der Waals surface area contributed by atoms with E-state index in [1.807, 2.05) is 0 Å². The second-order valence-corrected chi connectivity index (χ2v) is 3.58. The number of hydrogen-bond acceptors (Lipinski definition) is 5. The molecule has 0 aliphatic heterocycles. The number of aromatic nitrogens is 2. The second-order valence-electron chi connectivity index (χ2n) is 3.58. The lowest BCUT2D eigenvalue weighted by atomic mass is 10.1. The van der Waals surface area contributed by atoms with E-state index in [2.05, 4.69) is 10.2 Å². The topological polar surface area (TPSA) is 90.2 Å². The first-order chi connectivity index (χ1) is 8.71. The maximum Gasteiger partial charge on any atom is 0.156 e. The Bertz CT molecular complexity index is 578. The normalized spacial score (nSPS) is 10.1. The van der Waals surface area contributed by atoms with E-state index in [0.717, 1.165) is 0 Å². The van der Waals surface area contributed by atoms with Crippen LogP contribution in [0.1, 0.15) is 10.4 Å². The summed E-state index contributed by atoms with van der Waals surface area (Å²) in [6.45, 7) is 0. The van der Waals surface area contributed by atoms with Gasteiger partial charge in [0.05, 0.1) is 25.5 Å². The predicted molar refractivity (Wildman–Crippen MR) is 66.9 cm³/mol. The molecule has 18 heavy (non-hydrogen) atoms. The molecule has 1 aromatic heterocycles. The fourth-order valence-electron chi connectivity index (χ4n) is 1.69. The third kappa shape index (κ3) is 1.88. The minimum atomic E-state index is 0.165. The summed E-state index contributed by atoms with van der Waals surface area (Å²) in [6.07, 6.45) is 0.665. The lowest BCUT2D eigenvalue weighted by Crippen LogP contribution is -1.94. The van der Waals surface area contributed by atoms with Crippen molar-refractivity contribution in [1.29, 1.82) is 0 Å². The molecule has 0 amide bonds. The van der Waals surface area contributed by atoms with Gasteiger partial charge in [-0.15, -0.1) is 0 Å². The number of hydrogen-bond donors (Lipinski definition) is 2. The molecule has 0 bridgehead atoms. The molecule has 94 valence electrons. The summed E-state index contributed by atoms with van der Waals surface area (Å²) < 4.78 is 10.4. The number of nitrogen functional groups attached to an aromatic ring is 1. The summed E-state index contributed by atoms with van der Waals surface area (Å²) in [5, 5.41) is 6.54. The number of aromatic amines is 1. The highest BCUT2D eigenvalue weighted by atomic mass is 16.5. The Morgan fingerprint density at radius 3 is 2.72 bits per heavy atom. The van der Waals surface area contributed by atoms with E-state index in [9.17, 15) is 4.79 Å². The van der Waals surface area contributed by atoms with Crippen LogP contribution in [0.2, 0.25) is 0 Å². The fourth-order valence-corrected chi connectivity index (χ4v) is 1.69. The molecule has 0 fully saturated rings. The van der Waals surface area contributed by atoms with Gasteiger partial charge < -0.3 is 15.2 Å². The molecule has 1 heterocycles. The first-order valence-electron chi connectivity index (χ1n) is 5.22. The van der Waals surface area contributed by atoms with Crippen LogP contribution >= 0.6 is 0 Å². The van der Waals surface area contributed by atoms with E-state index in [1.165, 1.54) is 0 Å². The van der Waals surface area contributed by atoms with Gasteiger partial charge in [0.2, 0.25) is 0 Å². The van der Waals surface area contributed by atoms with Crippen molar-refractivity contribution < 1.29 is 14.3 Å². The molecule has 0 saturated heterocycles. The van der Waals surface area contributed by atoms with Gasteiger partial charge in [0.15, 0.2) is 12.1 Å². The smallest absolute Gasteiger partial charge is 0.156 e. The number of ether oxygens (including phenoxy) is 2. The van der Waals surface area contributed by atoms with Crippen molar-refractivity contribution in [2.24, 2.45) is 0 Å². The molecule has 0 spiro atoms. The van der Waals surface area contributed by atoms with E-state index in [-0.39, 0.29) is 5.82 Å². The molecule has 3 N–H and O–H groups in total. The van der Waals surface area contributed by atoms with Gasteiger partial charge in [-0.3, -0.25) is 9.89 Å². The average Bonchev–Trinajstić information content (AvgIpc) is 2.78. The second kappa shape index (κ2) is 4.79. The molecule has 6 nitrogen and oxygen atoms in total. The van der Waals surface area contributed by atoms with Gasteiger partial charge >= 0.3 is 0 Å². The van der Waals surface area contributed by atoms with Crippen LogP contribution in [0.5, 0.6) is 11.5 Å². The number of methoxy groups -OCH3 is 2. The zero-order valence-electron chi connectivity index (χ0n) is 10.1. The van der Waals surface area contributed by atoms with Crippen LogP contribution in [-0.2, 0) is 0 Å². The fraction of sp³-hybridized carbons (Fsp3) is 0.167. The van der Waals surface area contributed by atoms with Crippen LogP contribution in [0.15, 0.2) is 18.2 Å². The standard InChI is InChI=1S/C12H13N3O3/c1-17-7-3-4-8(10(5-7)18-2)11-9(6-16)12(13)15-14-11/h3-6H,1-2H3,(H3,13,14,15). The number of H-pyrrole nitrogens is 1. The zero-order valence-corrected chi connectivity index (χ0v) is 10.1. The highest BCUT2D eigenvalue weighted by Crippen LogP contribution is 2.34. The Labute approximate surface area is 104 Å². The SMILES string of the molecule is COc1ccc(-c2[nH]nc(N)c2C=O)c(OC)c1. The Hall–Kier alpha value is -2.50. The average molecular weight is 247 g/mol. The third-order valence-electron chi connectivity index (χ3n) is 2.63. The van der Waals surface area contributed by atoms with Gasteiger partial charge in [0.1, 0.15) is 11.5 Å². The van der Waals surface area contributed by atoms with Crippen molar-refractivity contribution in [3.8, 4) is 22.8 Å². The van der Waals surface area contributed by atoms with Gasteiger partial charge in [-0.2, -0.15) is 5.10 Å². The number of aldehydes is 1. The largest absolute Gasteiger partial charge is 0.497 e. The van der Waals surface area contributed by atoms with Crippen LogP contribution in [0, 0.1) is 0 Å². The molecule has 2 aromatic rings. The Kier molecular flexibility index (Phi) is 3.18. The van der Waals surface area contributed by atoms with E-state index in [1.54, 1.807) is 32.4 Å². The molecule has 0 atom stereocenters. The maximum atomic E-state index is 11.0. The van der Waals surface area contributed by atoms with Crippen molar-refractivity contribution in [2.45, 2.75) is 0 Å². The van der Waals surface area contributed by atoms with Gasteiger partial charge in [0.25, 0.3) is 0 Å². The summed E-state index contributed by atoms with van der Waals surface area (Å²) in [5.41, 5.74) is 7.14. The van der Waals surface area contributed by atoms with Gasteiger partial charge in [-0.25, -0.2) is 0 Å². The Balaban J connectivity index is 2.59. The summed E-state index contributed by atoms with van der Waals surface area (Å²) in [4.78, 5) is 11.0. The molecule has 6 heteroatoms. The molecular weight excluding hydrogens is 234 g/mol. The summed E-state index contributed by atoms with van der Waals surface area (Å²) in [6, 6.07) is 5.27. The Morgan fingerprint density at radius 2 is 2.11 bits per heavy atom. The number of nitrogens with one attached hydrogen (secondary N) is 1. The van der Waals surface area contributed by atoms with E-state index >= 15 is 0 Å². The van der Waals surface area contributed by atoms with Crippen LogP contribution in [0.25, 0.3) is 11.3 Å². The monoisotopic (exact) mass is 247 g/mol. The number of anilines is 1. The van der Waals surface area contributed by atoms with E-state index < -0.39 is 0 Å². The highest BCUT2D eigenvalue weighted by molar-refractivity contribution is 5.92. The number of nitrogens with zero attached hydrogens (tertiary/aromatic N) is 1. The molecule has 1 aromatic carbocycles. The van der Waals surface area contributed by atoms with Crippen molar-refractivity contribution in [1.82, 2.24) is 10.2 Å². The molecule has 0 aliphatic rings. The van der Waals surface area contributed by atoms with Gasteiger partial charge in [0, 0.05) is 11.6 Å². The zero-order chi connectivity index (χ0) is 13.1. The van der Waals surface area contributed by atoms with Crippen LogP contribution < -0.4 is 15.2 Å². The van der Waals surface area contributed by atoms with Crippen LogP contribution in [0.3, 0.4) is 0 Å². The molecule has 0 radical (unpaired) electrons. The quantitative estimate of drug-likeness (QED) is 0.799. The number of carbonyl (C=O) groups excluding carboxylic acids is 1. The van der Waals surface area contributed by atoms with Crippen molar-refractivity contribution >= 4 is 12.1 Å². The van der Waals surface area contributed by atoms with Crippen molar-refractivity contribution in [2.75, 3.05) is 20.0 Å². The summed E-state index contributed by atoms with van der Waals surface area (Å²) in [7, 11) is 3.11. The summed E-state index contributed by atoms with van der Waals surface area (Å²) >= 11 is 0. The van der Waals surface area contributed by atoms with E-state index in [0.29, 0.717) is 34.6 Å². The van der Waals surface area contributed by atoms with Crippen LogP contribution in [-0.4, -0.2) is 30.7 Å². The predicted octanol–water partition coefficient (Wildman–Crippen LogP) is 1.49. The lowest BCUT2D eigenvalue weighted by Gasteiger charge is -2.09. The third-order valence-corrected chi connectivity index (χ3v) is 2.63. The van der Waals surface area contributed by atoms with E-state index in [4.69, 9.17) is 15.2 Å². The van der Waals surface area contributed by atoms with Crippen molar-refractivity contribution in [3.63, 3.8) is 0 Å². The molecular formula is C12H13N3O3. The Morgan fingerprint density at radius 1 is 1.33 bits per heavy atom. The molecule has 0 unspecified atom stereocenters. The van der Waals surface area contributed by atoms with Crippen LogP contribution in [0.4, 0.5) is 5.82 Å². The van der Waals surface area contributed by atoms with Gasteiger partial charge in [-0.1, -0.05) is 0 Å². The summed E-state index contributed by atoms with van der Waals surface area (Å²) in [5.74, 6) is 1.40. The molecule has 0 aliphatic carbocycles. The van der Waals surface area contributed by atoms with Crippen molar-refractivity contribution in [3.05, 3.63) is 23.8 Å². The number of carbonyl (C=O) groups is 1. The minimum absolute atomic E-state index is 0.165. The lowest BCUT2D eigenvalue weighted by molar-refractivity contribution is 0.112. The minimum Gasteiger partial charge on any atom is -0.497 e. The first kappa shape index (κ1) is 12.0.